The molecule has 0 spiro atoms. The molecule has 1 fully saturated rings. The van der Waals surface area contributed by atoms with Gasteiger partial charge >= 0.3 is 0 Å². The van der Waals surface area contributed by atoms with Crippen LogP contribution in [0.3, 0.4) is 0 Å². The summed E-state index contributed by atoms with van der Waals surface area (Å²) in [5.74, 6) is 1.11. The highest BCUT2D eigenvalue weighted by atomic mass is 16.5. The van der Waals surface area contributed by atoms with Crippen molar-refractivity contribution in [2.75, 3.05) is 13.2 Å². The van der Waals surface area contributed by atoms with E-state index in [2.05, 4.69) is 12.2 Å². The number of aryl methyl sites for hydroxylation is 1. The molecule has 0 aliphatic carbocycles. The maximum atomic E-state index is 9.96. The molecule has 0 radical (unpaired) electrons. The van der Waals surface area contributed by atoms with E-state index in [4.69, 9.17) is 4.74 Å². The van der Waals surface area contributed by atoms with Crippen molar-refractivity contribution in [1.82, 2.24) is 5.32 Å². The van der Waals surface area contributed by atoms with Crippen molar-refractivity contribution < 1.29 is 9.84 Å². The number of aromatic hydroxyl groups is 1. The maximum absolute atomic E-state index is 9.96. The highest BCUT2D eigenvalue weighted by molar-refractivity contribution is 5.39. The zero-order valence-corrected chi connectivity index (χ0v) is 11.3. The van der Waals surface area contributed by atoms with E-state index in [1.165, 1.54) is 0 Å². The van der Waals surface area contributed by atoms with Crippen molar-refractivity contribution in [3.63, 3.8) is 0 Å². The SMILES string of the molecule is Cc1cccc(CNC(C)C2CCOCC2)c1O. The number of rotatable bonds is 4. The lowest BCUT2D eigenvalue weighted by molar-refractivity contribution is 0.0557. The van der Waals surface area contributed by atoms with E-state index in [1.807, 2.05) is 25.1 Å². The first-order chi connectivity index (χ1) is 8.68. The minimum Gasteiger partial charge on any atom is -0.507 e. The lowest BCUT2D eigenvalue weighted by Crippen LogP contribution is -2.36. The topological polar surface area (TPSA) is 41.5 Å². The smallest absolute Gasteiger partial charge is 0.122 e. The summed E-state index contributed by atoms with van der Waals surface area (Å²) < 4.78 is 5.38. The Morgan fingerprint density at radius 3 is 2.83 bits per heavy atom. The monoisotopic (exact) mass is 249 g/mol. The first-order valence-corrected chi connectivity index (χ1v) is 6.77. The quantitative estimate of drug-likeness (QED) is 0.862. The number of hydrogen-bond acceptors (Lipinski definition) is 3. The van der Waals surface area contributed by atoms with E-state index >= 15 is 0 Å². The Labute approximate surface area is 109 Å². The third-order valence-corrected chi connectivity index (χ3v) is 3.91. The molecule has 0 aromatic heterocycles. The Hall–Kier alpha value is -1.06. The van der Waals surface area contributed by atoms with Crippen molar-refractivity contribution in [3.8, 4) is 5.75 Å². The van der Waals surface area contributed by atoms with Crippen LogP contribution in [-0.4, -0.2) is 24.4 Å². The van der Waals surface area contributed by atoms with E-state index in [-0.39, 0.29) is 0 Å². The second kappa shape index (κ2) is 6.21. The van der Waals surface area contributed by atoms with Crippen LogP contribution >= 0.6 is 0 Å². The van der Waals surface area contributed by atoms with Gasteiger partial charge in [-0.15, -0.1) is 0 Å². The molecule has 100 valence electrons. The van der Waals surface area contributed by atoms with E-state index in [0.29, 0.717) is 17.7 Å². The van der Waals surface area contributed by atoms with E-state index in [0.717, 1.165) is 43.7 Å². The third-order valence-electron chi connectivity index (χ3n) is 3.91. The normalized spacial score (nSPS) is 18.8. The van der Waals surface area contributed by atoms with E-state index < -0.39 is 0 Å². The first kappa shape index (κ1) is 13.4. The molecule has 1 atom stereocenters. The van der Waals surface area contributed by atoms with E-state index in [1.54, 1.807) is 0 Å². The van der Waals surface area contributed by atoms with Crippen LogP contribution in [0.15, 0.2) is 18.2 Å². The summed E-state index contributed by atoms with van der Waals surface area (Å²) in [6, 6.07) is 6.37. The van der Waals surface area contributed by atoms with Crippen LogP contribution in [0.2, 0.25) is 0 Å². The highest BCUT2D eigenvalue weighted by Crippen LogP contribution is 2.23. The lowest BCUT2D eigenvalue weighted by atomic mass is 9.93. The third kappa shape index (κ3) is 3.24. The molecule has 0 saturated carbocycles. The Morgan fingerprint density at radius 2 is 2.11 bits per heavy atom. The summed E-state index contributed by atoms with van der Waals surface area (Å²) in [5, 5.41) is 13.5. The average molecular weight is 249 g/mol. The van der Waals surface area contributed by atoms with Gasteiger partial charge in [-0.25, -0.2) is 0 Å². The fourth-order valence-electron chi connectivity index (χ4n) is 2.52. The number of benzene rings is 1. The lowest BCUT2D eigenvalue weighted by Gasteiger charge is -2.28. The Bertz CT molecular complexity index is 386. The number of phenols is 1. The van der Waals surface area contributed by atoms with Crippen LogP contribution in [0.4, 0.5) is 0 Å². The number of phenolic OH excluding ortho intramolecular Hbond substituents is 1. The van der Waals surface area contributed by atoms with Gasteiger partial charge in [-0.3, -0.25) is 0 Å². The Balaban J connectivity index is 1.88. The molecule has 3 heteroatoms. The molecule has 1 aliphatic heterocycles. The molecule has 3 nitrogen and oxygen atoms in total. The molecule has 2 rings (SSSR count). The Morgan fingerprint density at radius 1 is 1.39 bits per heavy atom. The van der Waals surface area contributed by atoms with Gasteiger partial charge in [0.05, 0.1) is 0 Å². The molecule has 0 amide bonds. The van der Waals surface area contributed by atoms with Crippen molar-refractivity contribution >= 4 is 0 Å². The maximum Gasteiger partial charge on any atom is 0.122 e. The molecule has 2 N–H and O–H groups in total. The minimum atomic E-state index is 0.421. The van der Waals surface area contributed by atoms with Gasteiger partial charge in [-0.2, -0.15) is 0 Å². The van der Waals surface area contributed by atoms with Crippen LogP contribution in [0.1, 0.15) is 30.9 Å². The molecule has 18 heavy (non-hydrogen) atoms. The van der Waals surface area contributed by atoms with Gasteiger partial charge in [0.2, 0.25) is 0 Å². The summed E-state index contributed by atoms with van der Waals surface area (Å²) in [4.78, 5) is 0. The molecule has 1 saturated heterocycles. The summed E-state index contributed by atoms with van der Waals surface area (Å²) in [5.41, 5.74) is 1.92. The number of hydrogen-bond donors (Lipinski definition) is 2. The molecule has 0 bridgehead atoms. The van der Waals surface area contributed by atoms with Gasteiger partial charge in [0, 0.05) is 31.4 Å². The summed E-state index contributed by atoms with van der Waals surface area (Å²) in [6.07, 6.45) is 2.27. The largest absolute Gasteiger partial charge is 0.507 e. The summed E-state index contributed by atoms with van der Waals surface area (Å²) in [6.45, 7) is 6.65. The van der Waals surface area contributed by atoms with Gasteiger partial charge in [0.25, 0.3) is 0 Å². The summed E-state index contributed by atoms with van der Waals surface area (Å²) in [7, 11) is 0. The number of ether oxygens (including phenoxy) is 1. The van der Waals surface area contributed by atoms with Crippen LogP contribution < -0.4 is 5.32 Å². The Kier molecular flexibility index (Phi) is 4.61. The molecule has 1 aromatic carbocycles. The van der Waals surface area contributed by atoms with Gasteiger partial charge in [0.15, 0.2) is 0 Å². The van der Waals surface area contributed by atoms with Crippen molar-refractivity contribution in [2.45, 2.75) is 39.3 Å². The van der Waals surface area contributed by atoms with Crippen LogP contribution in [0.25, 0.3) is 0 Å². The molecular weight excluding hydrogens is 226 g/mol. The van der Waals surface area contributed by atoms with Crippen molar-refractivity contribution in [2.24, 2.45) is 5.92 Å². The highest BCUT2D eigenvalue weighted by Gasteiger charge is 2.20. The second-order valence-electron chi connectivity index (χ2n) is 5.20. The zero-order valence-electron chi connectivity index (χ0n) is 11.3. The number of nitrogens with one attached hydrogen (secondary N) is 1. The molecule has 1 aromatic rings. The average Bonchev–Trinajstić information content (AvgIpc) is 2.41. The van der Waals surface area contributed by atoms with Crippen LogP contribution in [0.5, 0.6) is 5.75 Å². The zero-order chi connectivity index (χ0) is 13.0. The molecular formula is C15H23NO2. The van der Waals surface area contributed by atoms with Gasteiger partial charge < -0.3 is 15.2 Å². The van der Waals surface area contributed by atoms with E-state index in [9.17, 15) is 5.11 Å². The summed E-state index contributed by atoms with van der Waals surface area (Å²) >= 11 is 0. The van der Waals surface area contributed by atoms with Crippen LogP contribution in [-0.2, 0) is 11.3 Å². The van der Waals surface area contributed by atoms with Gasteiger partial charge in [-0.05, 0) is 38.2 Å². The predicted octanol–water partition coefficient (Wildman–Crippen LogP) is 2.61. The molecule has 1 aliphatic rings. The van der Waals surface area contributed by atoms with Crippen LogP contribution in [0, 0.1) is 12.8 Å². The van der Waals surface area contributed by atoms with Crippen molar-refractivity contribution in [3.05, 3.63) is 29.3 Å². The fraction of sp³-hybridized carbons (Fsp3) is 0.600. The fourth-order valence-corrected chi connectivity index (χ4v) is 2.52. The van der Waals surface area contributed by atoms with Gasteiger partial charge in [0.1, 0.15) is 5.75 Å². The molecule has 1 unspecified atom stereocenters. The predicted molar refractivity (Wildman–Crippen MR) is 72.7 cm³/mol. The minimum absolute atomic E-state index is 0.421. The van der Waals surface area contributed by atoms with Crippen molar-refractivity contribution in [1.29, 1.82) is 0 Å². The standard InChI is InChI=1S/C15H23NO2/c1-11-4-3-5-14(15(11)17)10-16-12(2)13-6-8-18-9-7-13/h3-5,12-13,16-17H,6-10H2,1-2H3. The molecule has 1 heterocycles. The number of para-hydroxylation sites is 1. The van der Waals surface area contributed by atoms with Gasteiger partial charge in [-0.1, -0.05) is 18.2 Å². The second-order valence-corrected chi connectivity index (χ2v) is 5.20. The first-order valence-electron chi connectivity index (χ1n) is 6.77.